The van der Waals surface area contributed by atoms with E-state index < -0.39 is 0 Å². The smallest absolute Gasteiger partial charge is 0.0386 e. The Balaban J connectivity index is 1.80. The number of rotatable bonds is 3. The van der Waals surface area contributed by atoms with Gasteiger partial charge in [0.15, 0.2) is 0 Å². The lowest BCUT2D eigenvalue weighted by atomic mass is 10.1. The zero-order valence-corrected chi connectivity index (χ0v) is 11.5. The molecule has 0 saturated carbocycles. The number of aryl methyl sites for hydroxylation is 1. The molecular weight excluding hydrogens is 242 g/mol. The zero-order valence-electron chi connectivity index (χ0n) is 11.5. The Kier molecular flexibility index (Phi) is 3.51. The average Bonchev–Trinajstić information content (AvgIpc) is 2.49. The standard InChI is InChI=1S/C19H17N/c1-15-6-5-9-19(14-15)20-18-12-10-17(11-13-18)16-7-3-2-4-8-16/h2-14,20H,1H3. The molecule has 3 rings (SSSR count). The van der Waals surface area contributed by atoms with Gasteiger partial charge in [0.25, 0.3) is 0 Å². The SMILES string of the molecule is Cc1cccc(Nc2ccc(-c3ccccc3)cc2)c1. The molecule has 0 aliphatic rings. The molecule has 0 saturated heterocycles. The summed E-state index contributed by atoms with van der Waals surface area (Å²) in [6.07, 6.45) is 0. The van der Waals surface area contributed by atoms with Crippen molar-refractivity contribution in [2.45, 2.75) is 6.92 Å². The van der Waals surface area contributed by atoms with Crippen molar-refractivity contribution < 1.29 is 0 Å². The van der Waals surface area contributed by atoms with Gasteiger partial charge in [-0.05, 0) is 47.9 Å². The van der Waals surface area contributed by atoms with Crippen molar-refractivity contribution in [2.75, 3.05) is 5.32 Å². The Morgan fingerprint density at radius 1 is 0.600 bits per heavy atom. The molecule has 20 heavy (non-hydrogen) atoms. The van der Waals surface area contributed by atoms with E-state index in [9.17, 15) is 0 Å². The third-order valence-electron chi connectivity index (χ3n) is 3.30. The van der Waals surface area contributed by atoms with Crippen LogP contribution in [-0.4, -0.2) is 0 Å². The van der Waals surface area contributed by atoms with Crippen molar-refractivity contribution in [1.29, 1.82) is 0 Å². The van der Waals surface area contributed by atoms with Crippen molar-refractivity contribution in [1.82, 2.24) is 0 Å². The molecule has 0 radical (unpaired) electrons. The van der Waals surface area contributed by atoms with Crippen LogP contribution in [-0.2, 0) is 0 Å². The van der Waals surface area contributed by atoms with Gasteiger partial charge < -0.3 is 5.32 Å². The van der Waals surface area contributed by atoms with Gasteiger partial charge >= 0.3 is 0 Å². The van der Waals surface area contributed by atoms with Gasteiger partial charge in [-0.25, -0.2) is 0 Å². The molecule has 1 N–H and O–H groups in total. The molecule has 98 valence electrons. The molecule has 1 nitrogen and oxygen atoms in total. The molecule has 3 aromatic rings. The molecule has 0 fully saturated rings. The molecule has 0 bridgehead atoms. The first kappa shape index (κ1) is 12.5. The van der Waals surface area contributed by atoms with Gasteiger partial charge in [-0.15, -0.1) is 0 Å². The van der Waals surface area contributed by atoms with Crippen LogP contribution < -0.4 is 5.32 Å². The first-order valence-electron chi connectivity index (χ1n) is 6.80. The predicted molar refractivity (Wildman–Crippen MR) is 86.3 cm³/mol. The van der Waals surface area contributed by atoms with Gasteiger partial charge in [-0.2, -0.15) is 0 Å². The average molecular weight is 259 g/mol. The van der Waals surface area contributed by atoms with Gasteiger partial charge in [-0.3, -0.25) is 0 Å². The van der Waals surface area contributed by atoms with Crippen LogP contribution in [0.5, 0.6) is 0 Å². The van der Waals surface area contributed by atoms with E-state index in [0.29, 0.717) is 0 Å². The molecule has 0 unspecified atom stereocenters. The first-order chi connectivity index (χ1) is 9.81. The third-order valence-corrected chi connectivity index (χ3v) is 3.30. The maximum atomic E-state index is 3.42. The predicted octanol–water partition coefficient (Wildman–Crippen LogP) is 5.41. The summed E-state index contributed by atoms with van der Waals surface area (Å²) in [6.45, 7) is 2.10. The summed E-state index contributed by atoms with van der Waals surface area (Å²) in [6, 6.07) is 27.3. The van der Waals surface area contributed by atoms with E-state index in [0.717, 1.165) is 11.4 Å². The largest absolute Gasteiger partial charge is 0.356 e. The Morgan fingerprint density at radius 2 is 1.30 bits per heavy atom. The van der Waals surface area contributed by atoms with Crippen molar-refractivity contribution >= 4 is 11.4 Å². The Hall–Kier alpha value is -2.54. The maximum absolute atomic E-state index is 3.42. The van der Waals surface area contributed by atoms with Gasteiger partial charge in [0.1, 0.15) is 0 Å². The normalized spacial score (nSPS) is 10.2. The maximum Gasteiger partial charge on any atom is 0.0386 e. The molecule has 0 aliphatic carbocycles. The second kappa shape index (κ2) is 5.62. The van der Waals surface area contributed by atoms with E-state index in [1.54, 1.807) is 0 Å². The summed E-state index contributed by atoms with van der Waals surface area (Å²) < 4.78 is 0. The van der Waals surface area contributed by atoms with Gasteiger partial charge in [0, 0.05) is 11.4 Å². The summed E-state index contributed by atoms with van der Waals surface area (Å²) in [7, 11) is 0. The Labute approximate surface area is 119 Å². The van der Waals surface area contributed by atoms with Crippen LogP contribution >= 0.6 is 0 Å². The fraction of sp³-hybridized carbons (Fsp3) is 0.0526. The number of anilines is 2. The molecule has 0 atom stereocenters. The summed E-state index contributed by atoms with van der Waals surface area (Å²) in [5.74, 6) is 0. The number of hydrogen-bond acceptors (Lipinski definition) is 1. The molecule has 1 heteroatoms. The number of hydrogen-bond donors (Lipinski definition) is 1. The van der Waals surface area contributed by atoms with Crippen LogP contribution in [0.4, 0.5) is 11.4 Å². The monoisotopic (exact) mass is 259 g/mol. The second-order valence-corrected chi connectivity index (χ2v) is 4.94. The van der Waals surface area contributed by atoms with Crippen LogP contribution in [0.3, 0.4) is 0 Å². The summed E-state index contributed by atoms with van der Waals surface area (Å²) in [5.41, 5.74) is 5.97. The van der Waals surface area contributed by atoms with Gasteiger partial charge in [-0.1, -0.05) is 54.6 Å². The fourth-order valence-electron chi connectivity index (χ4n) is 2.27. The molecule has 0 aliphatic heterocycles. The molecule has 3 aromatic carbocycles. The number of nitrogens with one attached hydrogen (secondary N) is 1. The first-order valence-corrected chi connectivity index (χ1v) is 6.80. The summed E-state index contributed by atoms with van der Waals surface area (Å²) in [5, 5.41) is 3.42. The van der Waals surface area contributed by atoms with E-state index in [-0.39, 0.29) is 0 Å². The van der Waals surface area contributed by atoms with Crippen molar-refractivity contribution in [3.05, 3.63) is 84.4 Å². The quantitative estimate of drug-likeness (QED) is 0.663. The number of benzene rings is 3. The van der Waals surface area contributed by atoms with Gasteiger partial charge in [0.05, 0.1) is 0 Å². The van der Waals surface area contributed by atoms with Crippen molar-refractivity contribution in [3.63, 3.8) is 0 Å². The third kappa shape index (κ3) is 2.89. The molecule has 0 amide bonds. The molecular formula is C19H17N. The highest BCUT2D eigenvalue weighted by atomic mass is 14.9. The molecule has 0 spiro atoms. The second-order valence-electron chi connectivity index (χ2n) is 4.94. The van der Waals surface area contributed by atoms with Crippen LogP contribution in [0.25, 0.3) is 11.1 Å². The van der Waals surface area contributed by atoms with Crippen LogP contribution in [0.1, 0.15) is 5.56 Å². The van der Waals surface area contributed by atoms with E-state index in [2.05, 4.69) is 85.0 Å². The Bertz CT molecular complexity index is 684. The van der Waals surface area contributed by atoms with Crippen LogP contribution in [0, 0.1) is 6.92 Å². The highest BCUT2D eigenvalue weighted by molar-refractivity contribution is 5.68. The van der Waals surface area contributed by atoms with Crippen molar-refractivity contribution in [2.24, 2.45) is 0 Å². The molecule has 0 heterocycles. The van der Waals surface area contributed by atoms with E-state index >= 15 is 0 Å². The highest BCUT2D eigenvalue weighted by Crippen LogP contribution is 2.23. The minimum Gasteiger partial charge on any atom is -0.356 e. The van der Waals surface area contributed by atoms with Crippen LogP contribution in [0.2, 0.25) is 0 Å². The van der Waals surface area contributed by atoms with E-state index in [1.807, 2.05) is 6.07 Å². The summed E-state index contributed by atoms with van der Waals surface area (Å²) in [4.78, 5) is 0. The minimum atomic E-state index is 1.11. The fourth-order valence-corrected chi connectivity index (χ4v) is 2.27. The minimum absolute atomic E-state index is 1.11. The Morgan fingerprint density at radius 3 is 2.00 bits per heavy atom. The molecule has 0 aromatic heterocycles. The highest BCUT2D eigenvalue weighted by Gasteiger charge is 1.98. The lowest BCUT2D eigenvalue weighted by molar-refractivity contribution is 1.45. The topological polar surface area (TPSA) is 12.0 Å². The summed E-state index contributed by atoms with van der Waals surface area (Å²) >= 11 is 0. The van der Waals surface area contributed by atoms with Crippen LogP contribution in [0.15, 0.2) is 78.9 Å². The van der Waals surface area contributed by atoms with Crippen molar-refractivity contribution in [3.8, 4) is 11.1 Å². The van der Waals surface area contributed by atoms with Gasteiger partial charge in [0.2, 0.25) is 0 Å². The lowest BCUT2D eigenvalue weighted by Gasteiger charge is -2.08. The lowest BCUT2D eigenvalue weighted by Crippen LogP contribution is -1.90. The van der Waals surface area contributed by atoms with E-state index in [1.165, 1.54) is 16.7 Å². The van der Waals surface area contributed by atoms with E-state index in [4.69, 9.17) is 0 Å². The zero-order chi connectivity index (χ0) is 13.8.